The van der Waals surface area contributed by atoms with Crippen LogP contribution < -0.4 is 4.74 Å². The van der Waals surface area contributed by atoms with Crippen molar-refractivity contribution in [2.75, 3.05) is 13.1 Å². The van der Waals surface area contributed by atoms with Gasteiger partial charge < -0.3 is 9.64 Å². The van der Waals surface area contributed by atoms with Gasteiger partial charge in [0, 0.05) is 13.1 Å². The minimum absolute atomic E-state index is 0.0169. The Morgan fingerprint density at radius 2 is 1.83 bits per heavy atom. The fraction of sp³-hybridized carbons (Fsp3) is 0.280. The average Bonchev–Trinajstić information content (AvgIpc) is 2.79. The molecular weight excluding hydrogens is 396 g/mol. The lowest BCUT2D eigenvalue weighted by Crippen LogP contribution is -2.38. The molecule has 0 radical (unpaired) electrons. The van der Waals surface area contributed by atoms with Crippen LogP contribution in [0.4, 0.5) is 0 Å². The van der Waals surface area contributed by atoms with E-state index in [1.807, 2.05) is 48.2 Å². The van der Waals surface area contributed by atoms with Gasteiger partial charge in [0.25, 0.3) is 5.91 Å². The van der Waals surface area contributed by atoms with Crippen molar-refractivity contribution >= 4 is 17.5 Å². The van der Waals surface area contributed by atoms with Gasteiger partial charge in [-0.3, -0.25) is 4.79 Å². The molecule has 1 aromatic heterocycles. The van der Waals surface area contributed by atoms with Gasteiger partial charge in [-0.15, -0.1) is 0 Å². The summed E-state index contributed by atoms with van der Waals surface area (Å²) in [6, 6.07) is 21.7. The fourth-order valence-corrected chi connectivity index (χ4v) is 4.15. The normalized spacial score (nSPS) is 14.5. The van der Waals surface area contributed by atoms with Gasteiger partial charge in [0.1, 0.15) is 18.1 Å². The molecule has 30 heavy (non-hydrogen) atoms. The molecule has 0 bridgehead atoms. The highest BCUT2D eigenvalue weighted by Crippen LogP contribution is 2.28. The summed E-state index contributed by atoms with van der Waals surface area (Å²) < 4.78 is 5.80. The summed E-state index contributed by atoms with van der Waals surface area (Å²) in [5.74, 6) is 1.11. The second kappa shape index (κ2) is 9.31. The molecule has 0 unspecified atom stereocenters. The molecule has 0 saturated carbocycles. The topological polar surface area (TPSA) is 42.4 Å². The number of pyridine rings is 1. The van der Waals surface area contributed by atoms with Crippen LogP contribution >= 0.6 is 11.6 Å². The van der Waals surface area contributed by atoms with Crippen molar-refractivity contribution in [1.82, 2.24) is 9.88 Å². The van der Waals surface area contributed by atoms with Crippen molar-refractivity contribution < 1.29 is 9.53 Å². The average molecular weight is 421 g/mol. The van der Waals surface area contributed by atoms with Gasteiger partial charge in [0.2, 0.25) is 0 Å². The first-order chi connectivity index (χ1) is 14.6. The number of likely N-dealkylation sites (tertiary alicyclic amines) is 1. The van der Waals surface area contributed by atoms with Crippen molar-refractivity contribution in [2.24, 2.45) is 0 Å². The number of hydrogen-bond acceptors (Lipinski definition) is 3. The highest BCUT2D eigenvalue weighted by Gasteiger charge is 2.25. The van der Waals surface area contributed by atoms with E-state index in [9.17, 15) is 4.79 Å². The maximum atomic E-state index is 13.0. The highest BCUT2D eigenvalue weighted by atomic mass is 35.5. The first-order valence-electron chi connectivity index (χ1n) is 10.3. The molecule has 4 nitrogen and oxygen atoms in total. The molecule has 0 spiro atoms. The van der Waals surface area contributed by atoms with E-state index in [2.05, 4.69) is 29.2 Å². The standard InChI is InChI=1S/C25H25ClN2O2/c1-18-10-11-24(22(26)16-18)30-17-21-8-5-9-23(27-21)25(29)28-14-12-20(13-15-28)19-6-3-2-4-7-19/h2-11,16,20H,12-15,17H2,1H3. The van der Waals surface area contributed by atoms with Crippen LogP contribution in [0.3, 0.4) is 0 Å². The van der Waals surface area contributed by atoms with E-state index in [0.717, 1.165) is 31.5 Å². The number of piperidine rings is 1. The van der Waals surface area contributed by atoms with Crippen LogP contribution in [-0.2, 0) is 6.61 Å². The molecule has 1 saturated heterocycles. The van der Waals surface area contributed by atoms with Crippen molar-refractivity contribution in [3.05, 3.63) is 94.3 Å². The number of halogens is 1. The Kier molecular flexibility index (Phi) is 6.34. The van der Waals surface area contributed by atoms with E-state index >= 15 is 0 Å². The fourth-order valence-electron chi connectivity index (χ4n) is 3.86. The van der Waals surface area contributed by atoms with E-state index in [0.29, 0.717) is 28.1 Å². The minimum atomic E-state index is -0.0169. The number of amides is 1. The number of hydrogen-bond donors (Lipinski definition) is 0. The first-order valence-corrected chi connectivity index (χ1v) is 10.7. The summed E-state index contributed by atoms with van der Waals surface area (Å²) in [5, 5.41) is 0.573. The van der Waals surface area contributed by atoms with Gasteiger partial charge in [0.15, 0.2) is 0 Å². The lowest BCUT2D eigenvalue weighted by atomic mass is 9.89. The van der Waals surface area contributed by atoms with Crippen molar-refractivity contribution in [1.29, 1.82) is 0 Å². The molecule has 154 valence electrons. The van der Waals surface area contributed by atoms with Crippen LogP contribution in [0.15, 0.2) is 66.7 Å². The van der Waals surface area contributed by atoms with Crippen LogP contribution in [0.25, 0.3) is 0 Å². The summed E-state index contributed by atoms with van der Waals surface area (Å²) in [5.41, 5.74) is 3.60. The number of benzene rings is 2. The smallest absolute Gasteiger partial charge is 0.272 e. The molecule has 2 aromatic carbocycles. The maximum Gasteiger partial charge on any atom is 0.272 e. The van der Waals surface area contributed by atoms with Crippen molar-refractivity contribution in [3.8, 4) is 5.75 Å². The number of carbonyl (C=O) groups excluding carboxylic acids is 1. The molecule has 5 heteroatoms. The molecule has 0 atom stereocenters. The lowest BCUT2D eigenvalue weighted by Gasteiger charge is -2.32. The van der Waals surface area contributed by atoms with E-state index in [4.69, 9.17) is 16.3 Å². The van der Waals surface area contributed by atoms with Gasteiger partial charge in [-0.05, 0) is 61.1 Å². The predicted octanol–water partition coefficient (Wildman–Crippen LogP) is 5.64. The second-order valence-electron chi connectivity index (χ2n) is 7.71. The van der Waals surface area contributed by atoms with Crippen LogP contribution in [0.1, 0.15) is 46.1 Å². The lowest BCUT2D eigenvalue weighted by molar-refractivity contribution is 0.0706. The Morgan fingerprint density at radius 3 is 2.57 bits per heavy atom. The van der Waals surface area contributed by atoms with E-state index in [1.165, 1.54) is 5.56 Å². The Bertz CT molecular complexity index is 1010. The highest BCUT2D eigenvalue weighted by molar-refractivity contribution is 6.32. The third kappa shape index (κ3) is 4.82. The van der Waals surface area contributed by atoms with E-state index < -0.39 is 0 Å². The van der Waals surface area contributed by atoms with Gasteiger partial charge in [-0.2, -0.15) is 0 Å². The largest absolute Gasteiger partial charge is 0.486 e. The zero-order chi connectivity index (χ0) is 20.9. The molecule has 1 fully saturated rings. The van der Waals surface area contributed by atoms with Crippen LogP contribution in [0.2, 0.25) is 5.02 Å². The van der Waals surface area contributed by atoms with Crippen molar-refractivity contribution in [3.63, 3.8) is 0 Å². The third-order valence-electron chi connectivity index (χ3n) is 5.54. The Balaban J connectivity index is 1.37. The van der Waals surface area contributed by atoms with E-state index in [1.54, 1.807) is 6.07 Å². The summed E-state index contributed by atoms with van der Waals surface area (Å²) in [7, 11) is 0. The summed E-state index contributed by atoms with van der Waals surface area (Å²) >= 11 is 6.23. The van der Waals surface area contributed by atoms with Crippen LogP contribution in [-0.4, -0.2) is 28.9 Å². The van der Waals surface area contributed by atoms with Gasteiger partial charge >= 0.3 is 0 Å². The predicted molar refractivity (Wildman–Crippen MR) is 119 cm³/mol. The number of rotatable bonds is 5. The quantitative estimate of drug-likeness (QED) is 0.536. The van der Waals surface area contributed by atoms with Crippen LogP contribution in [0.5, 0.6) is 5.75 Å². The molecule has 0 N–H and O–H groups in total. The van der Waals surface area contributed by atoms with Crippen molar-refractivity contribution in [2.45, 2.75) is 32.3 Å². The first kappa shape index (κ1) is 20.4. The summed E-state index contributed by atoms with van der Waals surface area (Å²) in [6.07, 6.45) is 1.95. The third-order valence-corrected chi connectivity index (χ3v) is 5.84. The molecule has 2 heterocycles. The number of aromatic nitrogens is 1. The summed E-state index contributed by atoms with van der Waals surface area (Å²) in [4.78, 5) is 19.4. The number of carbonyl (C=O) groups is 1. The molecule has 1 aliphatic heterocycles. The number of aryl methyl sites for hydroxylation is 1. The molecule has 1 aliphatic rings. The number of ether oxygens (including phenoxy) is 1. The van der Waals surface area contributed by atoms with Gasteiger partial charge in [-0.25, -0.2) is 4.98 Å². The monoisotopic (exact) mass is 420 g/mol. The molecule has 0 aliphatic carbocycles. The Hall–Kier alpha value is -2.85. The maximum absolute atomic E-state index is 13.0. The Morgan fingerprint density at radius 1 is 1.07 bits per heavy atom. The second-order valence-corrected chi connectivity index (χ2v) is 8.12. The van der Waals surface area contributed by atoms with Gasteiger partial charge in [-0.1, -0.05) is 54.1 Å². The number of nitrogens with zero attached hydrogens (tertiary/aromatic N) is 2. The van der Waals surface area contributed by atoms with Crippen LogP contribution in [0, 0.1) is 6.92 Å². The molecule has 1 amide bonds. The van der Waals surface area contributed by atoms with Gasteiger partial charge in [0.05, 0.1) is 10.7 Å². The molecular formula is C25H25ClN2O2. The molecule has 3 aromatic rings. The zero-order valence-electron chi connectivity index (χ0n) is 17.1. The zero-order valence-corrected chi connectivity index (χ0v) is 17.8. The SMILES string of the molecule is Cc1ccc(OCc2cccc(C(=O)N3CCC(c4ccccc4)CC3)n2)c(Cl)c1. The molecule has 4 rings (SSSR count). The Labute approximate surface area is 182 Å². The summed E-state index contributed by atoms with van der Waals surface area (Å²) in [6.45, 7) is 3.74. The van der Waals surface area contributed by atoms with E-state index in [-0.39, 0.29) is 12.5 Å². The minimum Gasteiger partial charge on any atom is -0.486 e.